The molecular formula is C15H23F2N3O. The van der Waals surface area contributed by atoms with Gasteiger partial charge in [-0.25, -0.2) is 8.78 Å². The Morgan fingerprint density at radius 1 is 1.38 bits per heavy atom. The second-order valence-electron chi connectivity index (χ2n) is 5.15. The summed E-state index contributed by atoms with van der Waals surface area (Å²) in [5.41, 5.74) is 5.13. The number of nitrogens with zero attached hydrogens (tertiary/aromatic N) is 1. The van der Waals surface area contributed by atoms with Gasteiger partial charge in [0.15, 0.2) is 0 Å². The van der Waals surface area contributed by atoms with Gasteiger partial charge in [-0.1, -0.05) is 37.3 Å². The van der Waals surface area contributed by atoms with E-state index >= 15 is 0 Å². The maximum atomic E-state index is 12.5. The molecule has 1 aromatic rings. The Labute approximate surface area is 124 Å². The van der Waals surface area contributed by atoms with Crippen molar-refractivity contribution in [3.8, 4) is 0 Å². The second kappa shape index (κ2) is 8.05. The zero-order valence-electron chi connectivity index (χ0n) is 12.5. The Balaban J connectivity index is 3.10. The summed E-state index contributed by atoms with van der Waals surface area (Å²) in [6.07, 6.45) is -1.65. The molecule has 1 aromatic carbocycles. The van der Waals surface area contributed by atoms with Crippen LogP contribution in [0.25, 0.3) is 0 Å². The first-order chi connectivity index (χ1) is 9.92. The summed E-state index contributed by atoms with van der Waals surface area (Å²) in [5.74, 6) is -0.566. The van der Waals surface area contributed by atoms with E-state index in [2.05, 4.69) is 5.32 Å². The van der Waals surface area contributed by atoms with Crippen molar-refractivity contribution in [2.75, 3.05) is 26.7 Å². The molecule has 118 valence electrons. The normalized spacial score (nSPS) is 14.4. The van der Waals surface area contributed by atoms with E-state index in [4.69, 9.17) is 5.73 Å². The average molecular weight is 299 g/mol. The Hall–Kier alpha value is -1.53. The molecule has 0 aliphatic rings. The molecule has 0 spiro atoms. The lowest BCUT2D eigenvalue weighted by atomic mass is 9.88. The molecule has 0 saturated heterocycles. The van der Waals surface area contributed by atoms with Crippen LogP contribution >= 0.6 is 0 Å². The number of benzene rings is 1. The zero-order valence-corrected chi connectivity index (χ0v) is 12.5. The fourth-order valence-corrected chi connectivity index (χ4v) is 2.32. The number of nitrogens with one attached hydrogen (secondary N) is 1. The predicted octanol–water partition coefficient (Wildman–Crippen LogP) is 1.56. The van der Waals surface area contributed by atoms with Gasteiger partial charge in [0.2, 0.25) is 5.91 Å². The van der Waals surface area contributed by atoms with Gasteiger partial charge < -0.3 is 5.73 Å². The molecule has 1 unspecified atom stereocenters. The van der Waals surface area contributed by atoms with Gasteiger partial charge in [0, 0.05) is 6.54 Å². The van der Waals surface area contributed by atoms with Crippen molar-refractivity contribution < 1.29 is 13.6 Å². The fourth-order valence-electron chi connectivity index (χ4n) is 2.32. The van der Waals surface area contributed by atoms with Crippen LogP contribution in [0.2, 0.25) is 0 Å². The number of rotatable bonds is 9. The molecule has 6 heteroatoms. The Bertz CT molecular complexity index is 442. The third-order valence-corrected chi connectivity index (χ3v) is 3.32. The molecule has 1 atom stereocenters. The third kappa shape index (κ3) is 4.75. The molecule has 0 aliphatic heterocycles. The van der Waals surface area contributed by atoms with Crippen molar-refractivity contribution in [3.05, 3.63) is 35.9 Å². The van der Waals surface area contributed by atoms with Crippen LogP contribution in [0.4, 0.5) is 8.78 Å². The molecule has 1 amide bonds. The van der Waals surface area contributed by atoms with Crippen LogP contribution in [0, 0.1) is 0 Å². The highest BCUT2D eigenvalue weighted by Gasteiger charge is 2.39. The number of carbonyl (C=O) groups excluding carboxylic acids is 1. The summed E-state index contributed by atoms with van der Waals surface area (Å²) in [7, 11) is 1.56. The molecule has 0 bridgehead atoms. The number of amides is 1. The standard InChI is InChI=1S/C15H23F2N3O/c1-3-9-19-15(14(18)21,11-20(2)10-13(16)17)12-7-5-4-6-8-12/h4-8,13,19H,3,9-11H2,1-2H3,(H2,18,21). The van der Waals surface area contributed by atoms with E-state index in [1.54, 1.807) is 31.3 Å². The number of hydrogen-bond donors (Lipinski definition) is 2. The summed E-state index contributed by atoms with van der Waals surface area (Å²) >= 11 is 0. The van der Waals surface area contributed by atoms with E-state index in [1.165, 1.54) is 4.90 Å². The summed E-state index contributed by atoms with van der Waals surface area (Å²) in [4.78, 5) is 13.5. The highest BCUT2D eigenvalue weighted by atomic mass is 19.3. The minimum atomic E-state index is -2.46. The van der Waals surface area contributed by atoms with Gasteiger partial charge in [0.05, 0.1) is 6.54 Å². The molecule has 0 saturated carbocycles. The molecule has 0 fully saturated rings. The first-order valence-electron chi connectivity index (χ1n) is 6.99. The van der Waals surface area contributed by atoms with Crippen LogP contribution in [0.3, 0.4) is 0 Å². The van der Waals surface area contributed by atoms with E-state index in [-0.39, 0.29) is 6.54 Å². The molecule has 3 N–H and O–H groups in total. The van der Waals surface area contributed by atoms with Crippen LogP contribution in [0.5, 0.6) is 0 Å². The first-order valence-corrected chi connectivity index (χ1v) is 6.99. The van der Waals surface area contributed by atoms with Gasteiger partial charge in [-0.3, -0.25) is 15.0 Å². The molecule has 0 aliphatic carbocycles. The number of nitrogens with two attached hydrogens (primary N) is 1. The summed E-state index contributed by atoms with van der Waals surface area (Å²) in [5, 5.41) is 3.14. The van der Waals surface area contributed by atoms with Crippen molar-refractivity contribution in [2.45, 2.75) is 25.3 Å². The highest BCUT2D eigenvalue weighted by molar-refractivity contribution is 5.86. The molecule has 0 aromatic heterocycles. The molecule has 0 heterocycles. The lowest BCUT2D eigenvalue weighted by Crippen LogP contribution is -2.59. The topological polar surface area (TPSA) is 58.4 Å². The fraction of sp³-hybridized carbons (Fsp3) is 0.533. The summed E-state index contributed by atoms with van der Waals surface area (Å²) < 4.78 is 25.1. The minimum absolute atomic E-state index is 0.0939. The number of hydrogen-bond acceptors (Lipinski definition) is 3. The van der Waals surface area contributed by atoms with Gasteiger partial charge >= 0.3 is 0 Å². The van der Waals surface area contributed by atoms with Crippen molar-refractivity contribution in [3.63, 3.8) is 0 Å². The second-order valence-corrected chi connectivity index (χ2v) is 5.15. The zero-order chi connectivity index (χ0) is 15.9. The lowest BCUT2D eigenvalue weighted by Gasteiger charge is -2.36. The van der Waals surface area contributed by atoms with Crippen LogP contribution in [-0.4, -0.2) is 43.9 Å². The van der Waals surface area contributed by atoms with Gasteiger partial charge in [-0.2, -0.15) is 0 Å². The van der Waals surface area contributed by atoms with Crippen molar-refractivity contribution in [1.29, 1.82) is 0 Å². The van der Waals surface area contributed by atoms with Gasteiger partial charge in [-0.05, 0) is 25.6 Å². The highest BCUT2D eigenvalue weighted by Crippen LogP contribution is 2.22. The lowest BCUT2D eigenvalue weighted by molar-refractivity contribution is -0.125. The minimum Gasteiger partial charge on any atom is -0.368 e. The Morgan fingerprint density at radius 3 is 2.48 bits per heavy atom. The van der Waals surface area contributed by atoms with E-state index < -0.39 is 24.4 Å². The molecule has 21 heavy (non-hydrogen) atoms. The van der Waals surface area contributed by atoms with Crippen LogP contribution in [0.15, 0.2) is 30.3 Å². The summed E-state index contributed by atoms with van der Waals surface area (Å²) in [6.45, 7) is 2.22. The number of carbonyl (C=O) groups is 1. The molecular weight excluding hydrogens is 276 g/mol. The summed E-state index contributed by atoms with van der Waals surface area (Å²) in [6, 6.07) is 8.99. The van der Waals surface area contributed by atoms with E-state index in [1.807, 2.05) is 13.0 Å². The van der Waals surface area contributed by atoms with Gasteiger partial charge in [0.25, 0.3) is 6.43 Å². The number of primary amides is 1. The van der Waals surface area contributed by atoms with Crippen LogP contribution in [-0.2, 0) is 10.3 Å². The van der Waals surface area contributed by atoms with E-state index in [0.717, 1.165) is 6.42 Å². The van der Waals surface area contributed by atoms with Crippen molar-refractivity contribution >= 4 is 5.91 Å². The van der Waals surface area contributed by atoms with Crippen LogP contribution < -0.4 is 11.1 Å². The monoisotopic (exact) mass is 299 g/mol. The number of likely N-dealkylation sites (N-methyl/N-ethyl adjacent to an activating group) is 1. The van der Waals surface area contributed by atoms with Gasteiger partial charge in [-0.15, -0.1) is 0 Å². The largest absolute Gasteiger partial charge is 0.368 e. The van der Waals surface area contributed by atoms with Crippen LogP contribution in [0.1, 0.15) is 18.9 Å². The Kier molecular flexibility index (Phi) is 6.71. The van der Waals surface area contributed by atoms with Gasteiger partial charge in [0.1, 0.15) is 5.54 Å². The molecule has 1 rings (SSSR count). The smallest absolute Gasteiger partial charge is 0.251 e. The maximum absolute atomic E-state index is 12.5. The number of halogens is 2. The van der Waals surface area contributed by atoms with Crippen molar-refractivity contribution in [1.82, 2.24) is 10.2 Å². The SMILES string of the molecule is CCCNC(CN(C)CC(F)F)(C(N)=O)c1ccccc1. The predicted molar refractivity (Wildman–Crippen MR) is 79.1 cm³/mol. The number of alkyl halides is 2. The maximum Gasteiger partial charge on any atom is 0.251 e. The quantitative estimate of drug-likeness (QED) is 0.727. The molecule has 0 radical (unpaired) electrons. The van der Waals surface area contributed by atoms with Crippen molar-refractivity contribution in [2.24, 2.45) is 5.73 Å². The van der Waals surface area contributed by atoms with E-state index in [9.17, 15) is 13.6 Å². The van der Waals surface area contributed by atoms with E-state index in [0.29, 0.717) is 12.1 Å². The first kappa shape index (κ1) is 17.5. The molecule has 4 nitrogen and oxygen atoms in total. The Morgan fingerprint density at radius 2 is 2.00 bits per heavy atom. The third-order valence-electron chi connectivity index (χ3n) is 3.32. The average Bonchev–Trinajstić information content (AvgIpc) is 2.43.